The molecular weight excluding hydrogens is 188 g/mol. The quantitative estimate of drug-likeness (QED) is 0.306. The fraction of sp³-hybridized carbons (Fsp3) is 0.125. The molecule has 0 amide bonds. The van der Waals surface area contributed by atoms with Gasteiger partial charge in [0, 0.05) is 4.91 Å². The molecule has 0 bridgehead atoms. The third kappa shape index (κ3) is 2.47. The van der Waals surface area contributed by atoms with Gasteiger partial charge in [-0.3, -0.25) is 4.99 Å². The van der Waals surface area contributed by atoms with Crippen molar-refractivity contribution in [3.05, 3.63) is 39.2 Å². The molecule has 0 aromatic heterocycles. The Balaban J connectivity index is 2.98. The molecule has 1 aromatic rings. The Morgan fingerprint density at radius 3 is 2.92 bits per heavy atom. The summed E-state index contributed by atoms with van der Waals surface area (Å²) in [6.45, 7) is 3.68. The molecule has 5 heteroatoms. The van der Waals surface area contributed by atoms with Crippen LogP contribution in [0.25, 0.3) is 10.4 Å². The minimum atomic E-state index is 0.302. The van der Waals surface area contributed by atoms with Gasteiger partial charge in [-0.05, 0) is 29.9 Å². The van der Waals surface area contributed by atoms with Gasteiger partial charge in [-0.25, -0.2) is 0 Å². The summed E-state index contributed by atoms with van der Waals surface area (Å²) in [7, 11) is 0. The Morgan fingerprint density at radius 2 is 2.31 bits per heavy atom. The van der Waals surface area contributed by atoms with E-state index < -0.39 is 0 Å². The Bertz CT molecular complexity index is 368. The molecule has 0 unspecified atom stereocenters. The zero-order valence-electron chi connectivity index (χ0n) is 6.81. The van der Waals surface area contributed by atoms with Gasteiger partial charge in [-0.1, -0.05) is 22.8 Å². The summed E-state index contributed by atoms with van der Waals surface area (Å²) in [5.41, 5.74) is 9.57. The summed E-state index contributed by atoms with van der Waals surface area (Å²) in [6.07, 6.45) is 0. The largest absolute Gasteiger partial charge is 0.263 e. The maximum Gasteiger partial charge on any atom is 0.0811 e. The maximum atomic E-state index is 8.11. The second kappa shape index (κ2) is 4.50. The van der Waals surface area contributed by atoms with Crippen molar-refractivity contribution >= 4 is 24.0 Å². The summed E-state index contributed by atoms with van der Waals surface area (Å²) in [5.74, 6) is 0. The highest BCUT2D eigenvalue weighted by Gasteiger charge is 1.98. The molecule has 0 saturated heterocycles. The van der Waals surface area contributed by atoms with Crippen LogP contribution in [-0.4, -0.2) is 6.72 Å². The number of hydrogen-bond donors (Lipinski definition) is 0. The van der Waals surface area contributed by atoms with Crippen molar-refractivity contribution in [1.82, 2.24) is 0 Å². The van der Waals surface area contributed by atoms with Gasteiger partial charge in [0.1, 0.15) is 0 Å². The van der Waals surface area contributed by atoms with E-state index >= 15 is 0 Å². The Labute approximate surface area is 80.5 Å². The van der Waals surface area contributed by atoms with Gasteiger partial charge in [0.25, 0.3) is 0 Å². The summed E-state index contributed by atoms with van der Waals surface area (Å²) in [5, 5.41) is 3.96. The average Bonchev–Trinajstić information content (AvgIpc) is 2.16. The van der Waals surface area contributed by atoms with E-state index in [-0.39, 0.29) is 0 Å². The number of benzene rings is 1. The molecule has 0 radical (unpaired) electrons. The molecule has 0 saturated carbocycles. The zero-order valence-corrected chi connectivity index (χ0v) is 7.57. The van der Waals surface area contributed by atoms with Crippen LogP contribution in [0.5, 0.6) is 0 Å². The van der Waals surface area contributed by atoms with Gasteiger partial charge < -0.3 is 0 Å². The molecule has 4 nitrogen and oxygen atoms in total. The summed E-state index contributed by atoms with van der Waals surface area (Å²) in [6, 6.07) is 5.23. The van der Waals surface area contributed by atoms with Gasteiger partial charge in [0.2, 0.25) is 0 Å². The Hall–Kier alpha value is -1.51. The van der Waals surface area contributed by atoms with Crippen molar-refractivity contribution in [2.75, 3.05) is 0 Å². The highest BCUT2D eigenvalue weighted by Crippen LogP contribution is 2.25. The molecule has 0 N–H and O–H groups in total. The van der Waals surface area contributed by atoms with Crippen molar-refractivity contribution in [2.45, 2.75) is 6.54 Å². The van der Waals surface area contributed by atoms with Crippen molar-refractivity contribution < 1.29 is 0 Å². The molecule has 0 aliphatic carbocycles. The average molecular weight is 195 g/mol. The molecule has 1 rings (SSSR count). The Kier molecular flexibility index (Phi) is 3.31. The topological polar surface area (TPSA) is 61.1 Å². The first-order chi connectivity index (χ1) is 6.27. The summed E-state index contributed by atoms with van der Waals surface area (Å²) < 4.78 is 0. The van der Waals surface area contributed by atoms with Crippen LogP contribution in [0.15, 0.2) is 28.3 Å². The number of azide groups is 1. The highest BCUT2D eigenvalue weighted by molar-refractivity contribution is 6.33. The number of rotatable bonds is 3. The third-order valence-electron chi connectivity index (χ3n) is 1.50. The van der Waals surface area contributed by atoms with E-state index in [2.05, 4.69) is 21.7 Å². The van der Waals surface area contributed by atoms with E-state index in [9.17, 15) is 0 Å². The van der Waals surface area contributed by atoms with Gasteiger partial charge in [0.05, 0.1) is 17.3 Å². The predicted molar refractivity (Wildman–Crippen MR) is 53.5 cm³/mol. The van der Waals surface area contributed by atoms with Crippen molar-refractivity contribution in [3.8, 4) is 0 Å². The number of nitrogens with zero attached hydrogens (tertiary/aromatic N) is 4. The molecule has 66 valence electrons. The van der Waals surface area contributed by atoms with Gasteiger partial charge >= 0.3 is 0 Å². The van der Waals surface area contributed by atoms with Gasteiger partial charge in [-0.15, -0.1) is 0 Å². The first kappa shape index (κ1) is 9.58. The normalized spacial score (nSPS) is 9.00. The second-order valence-electron chi connectivity index (χ2n) is 2.33. The number of halogens is 1. The predicted octanol–water partition coefficient (Wildman–Crippen LogP) is 3.48. The first-order valence-corrected chi connectivity index (χ1v) is 3.91. The van der Waals surface area contributed by atoms with E-state index in [1.165, 1.54) is 0 Å². The van der Waals surface area contributed by atoms with Gasteiger partial charge in [-0.2, -0.15) is 0 Å². The summed E-state index contributed by atoms with van der Waals surface area (Å²) in [4.78, 5) is 6.38. The summed E-state index contributed by atoms with van der Waals surface area (Å²) >= 11 is 5.79. The smallest absolute Gasteiger partial charge is 0.0811 e. The zero-order chi connectivity index (χ0) is 9.68. The van der Waals surface area contributed by atoms with Crippen LogP contribution in [0.3, 0.4) is 0 Å². The van der Waals surface area contributed by atoms with E-state index in [1.54, 1.807) is 18.2 Å². The van der Waals surface area contributed by atoms with E-state index in [0.29, 0.717) is 17.3 Å². The van der Waals surface area contributed by atoms with Crippen LogP contribution in [0.4, 0.5) is 5.69 Å². The lowest BCUT2D eigenvalue weighted by atomic mass is 10.2. The first-order valence-electron chi connectivity index (χ1n) is 3.54. The van der Waals surface area contributed by atoms with Crippen LogP contribution < -0.4 is 0 Å². The van der Waals surface area contributed by atoms with Crippen molar-refractivity contribution in [1.29, 1.82) is 0 Å². The van der Waals surface area contributed by atoms with Crippen LogP contribution in [0.1, 0.15) is 5.56 Å². The highest BCUT2D eigenvalue weighted by atomic mass is 35.5. The minimum Gasteiger partial charge on any atom is -0.263 e. The van der Waals surface area contributed by atoms with Crippen LogP contribution >= 0.6 is 11.6 Å². The SMILES string of the molecule is C=Nc1cc(CN=[N+]=[N-])ccc1Cl. The Morgan fingerprint density at radius 1 is 1.54 bits per heavy atom. The van der Waals surface area contributed by atoms with Crippen LogP contribution in [0, 0.1) is 0 Å². The lowest BCUT2D eigenvalue weighted by molar-refractivity contribution is 1.05. The standard InChI is InChI=1S/C8H7ClN4/c1-11-8-4-6(5-12-13-10)2-3-7(8)9/h2-4H,1,5H2. The molecule has 0 heterocycles. The van der Waals surface area contributed by atoms with Crippen LogP contribution in [0.2, 0.25) is 5.02 Å². The maximum absolute atomic E-state index is 8.11. The molecule has 0 aliphatic heterocycles. The van der Waals surface area contributed by atoms with Crippen molar-refractivity contribution in [2.24, 2.45) is 10.1 Å². The molecule has 1 aromatic carbocycles. The monoisotopic (exact) mass is 194 g/mol. The van der Waals surface area contributed by atoms with Gasteiger partial charge in [0.15, 0.2) is 0 Å². The number of hydrogen-bond acceptors (Lipinski definition) is 2. The minimum absolute atomic E-state index is 0.302. The molecule has 0 atom stereocenters. The molecular formula is C8H7ClN4. The lowest BCUT2D eigenvalue weighted by Gasteiger charge is -1.99. The number of aliphatic imine (C=N–C) groups is 1. The fourth-order valence-corrected chi connectivity index (χ4v) is 1.07. The lowest BCUT2D eigenvalue weighted by Crippen LogP contribution is -1.79. The van der Waals surface area contributed by atoms with Crippen LogP contribution in [-0.2, 0) is 6.54 Å². The molecule has 0 fully saturated rings. The second-order valence-corrected chi connectivity index (χ2v) is 2.74. The third-order valence-corrected chi connectivity index (χ3v) is 1.82. The van der Waals surface area contributed by atoms with E-state index in [1.807, 2.05) is 0 Å². The molecule has 0 aliphatic rings. The molecule has 13 heavy (non-hydrogen) atoms. The molecule has 0 spiro atoms. The van der Waals surface area contributed by atoms with E-state index in [4.69, 9.17) is 17.1 Å². The van der Waals surface area contributed by atoms with E-state index in [0.717, 1.165) is 5.56 Å². The fourth-order valence-electron chi connectivity index (χ4n) is 0.891. The van der Waals surface area contributed by atoms with Crippen molar-refractivity contribution in [3.63, 3.8) is 0 Å².